The van der Waals surface area contributed by atoms with Crippen molar-refractivity contribution in [2.24, 2.45) is 0 Å². The predicted octanol–water partition coefficient (Wildman–Crippen LogP) is 2.68. The minimum Gasteiger partial charge on any atom is -0.266 e. The first kappa shape index (κ1) is 11.1. The van der Waals surface area contributed by atoms with Crippen molar-refractivity contribution in [1.29, 1.82) is 0 Å². The molecule has 0 atom stereocenters. The lowest BCUT2D eigenvalue weighted by molar-refractivity contribution is 0.605. The minimum atomic E-state index is -0.653. The van der Waals surface area contributed by atoms with Gasteiger partial charge < -0.3 is 0 Å². The number of halogens is 3. The molecule has 0 saturated carbocycles. The van der Waals surface area contributed by atoms with Gasteiger partial charge in [-0.25, -0.2) is 4.39 Å². The van der Waals surface area contributed by atoms with Crippen LogP contribution in [0.3, 0.4) is 0 Å². The van der Waals surface area contributed by atoms with Gasteiger partial charge in [-0.2, -0.15) is 9.78 Å². The Hall–Kier alpha value is -1.39. The third-order valence-electron chi connectivity index (χ3n) is 1.96. The molecule has 2 aromatic rings. The zero-order valence-corrected chi connectivity index (χ0v) is 9.34. The summed E-state index contributed by atoms with van der Waals surface area (Å²) in [5, 5.41) is 3.58. The van der Waals surface area contributed by atoms with E-state index >= 15 is 0 Å². The number of rotatable bonds is 1. The Morgan fingerprint density at radius 3 is 2.62 bits per heavy atom. The molecule has 0 amide bonds. The summed E-state index contributed by atoms with van der Waals surface area (Å²) in [5.41, 5.74) is -0.620. The van der Waals surface area contributed by atoms with E-state index in [-0.39, 0.29) is 15.7 Å². The van der Waals surface area contributed by atoms with Crippen molar-refractivity contribution in [3.05, 3.63) is 56.7 Å². The molecule has 0 aliphatic rings. The number of nitrogens with zero attached hydrogens (tertiary/aromatic N) is 2. The standard InChI is InChI=1S/C10H5Cl2FN2O/c11-6-5-14-15(10(16)9(6)12)8-4-2-1-3-7(8)13/h1-5H. The molecule has 0 fully saturated rings. The fourth-order valence-corrected chi connectivity index (χ4v) is 1.46. The smallest absolute Gasteiger partial charge is 0.266 e. The van der Waals surface area contributed by atoms with Crippen molar-refractivity contribution in [2.75, 3.05) is 0 Å². The van der Waals surface area contributed by atoms with Gasteiger partial charge in [-0.05, 0) is 12.1 Å². The van der Waals surface area contributed by atoms with E-state index in [1.807, 2.05) is 0 Å². The summed E-state index contributed by atoms with van der Waals surface area (Å²) in [6, 6.07) is 5.76. The lowest BCUT2D eigenvalue weighted by Gasteiger charge is -2.05. The second kappa shape index (κ2) is 4.23. The van der Waals surface area contributed by atoms with Gasteiger partial charge in [0.25, 0.3) is 5.56 Å². The maximum absolute atomic E-state index is 13.4. The van der Waals surface area contributed by atoms with Crippen molar-refractivity contribution in [1.82, 2.24) is 9.78 Å². The van der Waals surface area contributed by atoms with Gasteiger partial charge in [0.2, 0.25) is 0 Å². The molecular formula is C10H5Cl2FN2O. The Bertz CT molecular complexity index is 598. The molecule has 6 heteroatoms. The molecule has 1 heterocycles. The van der Waals surface area contributed by atoms with E-state index < -0.39 is 11.4 Å². The number of aromatic nitrogens is 2. The monoisotopic (exact) mass is 258 g/mol. The van der Waals surface area contributed by atoms with Crippen LogP contribution in [0, 0.1) is 5.82 Å². The Morgan fingerprint density at radius 2 is 1.94 bits per heavy atom. The molecule has 0 spiro atoms. The quantitative estimate of drug-likeness (QED) is 0.789. The van der Waals surface area contributed by atoms with Gasteiger partial charge in [-0.15, -0.1) is 0 Å². The molecule has 1 aromatic carbocycles. The van der Waals surface area contributed by atoms with Gasteiger partial charge in [0.05, 0.1) is 11.2 Å². The first-order chi connectivity index (χ1) is 7.61. The van der Waals surface area contributed by atoms with E-state index in [0.29, 0.717) is 0 Å². The number of para-hydroxylation sites is 1. The second-order valence-electron chi connectivity index (χ2n) is 2.97. The van der Waals surface area contributed by atoms with Crippen LogP contribution < -0.4 is 5.56 Å². The number of benzene rings is 1. The molecule has 82 valence electrons. The number of hydrogen-bond donors (Lipinski definition) is 0. The highest BCUT2D eigenvalue weighted by atomic mass is 35.5. The zero-order chi connectivity index (χ0) is 11.7. The van der Waals surface area contributed by atoms with Crippen LogP contribution in [0.4, 0.5) is 4.39 Å². The zero-order valence-electron chi connectivity index (χ0n) is 7.82. The van der Waals surface area contributed by atoms with Crippen LogP contribution in [0.5, 0.6) is 0 Å². The summed E-state index contributed by atoms with van der Waals surface area (Å²) in [4.78, 5) is 11.7. The third-order valence-corrected chi connectivity index (χ3v) is 2.71. The highest BCUT2D eigenvalue weighted by molar-refractivity contribution is 6.41. The summed E-state index contributed by atoms with van der Waals surface area (Å²) in [6.45, 7) is 0. The van der Waals surface area contributed by atoms with Crippen molar-refractivity contribution in [2.45, 2.75) is 0 Å². The average Bonchev–Trinajstić information content (AvgIpc) is 2.28. The van der Waals surface area contributed by atoms with E-state index in [2.05, 4.69) is 5.10 Å². The van der Waals surface area contributed by atoms with Gasteiger partial charge in [-0.1, -0.05) is 35.3 Å². The molecule has 0 N–H and O–H groups in total. The summed E-state index contributed by atoms with van der Waals surface area (Å²) >= 11 is 11.3. The molecule has 2 rings (SSSR count). The Kier molecular flexibility index (Phi) is 2.94. The largest absolute Gasteiger partial charge is 0.291 e. The minimum absolute atomic E-state index is 0.0334. The lowest BCUT2D eigenvalue weighted by atomic mass is 10.3. The highest BCUT2D eigenvalue weighted by Crippen LogP contribution is 2.17. The van der Waals surface area contributed by atoms with Crippen molar-refractivity contribution < 1.29 is 4.39 Å². The van der Waals surface area contributed by atoms with Gasteiger partial charge in [-0.3, -0.25) is 4.79 Å². The highest BCUT2D eigenvalue weighted by Gasteiger charge is 2.11. The summed E-state index contributed by atoms with van der Waals surface area (Å²) < 4.78 is 14.3. The molecule has 0 aliphatic carbocycles. The van der Waals surface area contributed by atoms with Crippen LogP contribution in [0.25, 0.3) is 5.69 Å². The van der Waals surface area contributed by atoms with Crippen LogP contribution in [0.1, 0.15) is 0 Å². The van der Waals surface area contributed by atoms with E-state index in [1.54, 1.807) is 6.07 Å². The van der Waals surface area contributed by atoms with Crippen LogP contribution in [0.15, 0.2) is 35.3 Å². The van der Waals surface area contributed by atoms with Crippen LogP contribution in [-0.4, -0.2) is 9.78 Å². The van der Waals surface area contributed by atoms with E-state index in [0.717, 1.165) is 4.68 Å². The first-order valence-corrected chi connectivity index (χ1v) is 5.05. The molecule has 0 saturated heterocycles. The second-order valence-corrected chi connectivity index (χ2v) is 3.76. The van der Waals surface area contributed by atoms with E-state index in [4.69, 9.17) is 23.2 Å². The maximum atomic E-state index is 13.4. The predicted molar refractivity (Wildman–Crippen MR) is 59.8 cm³/mol. The van der Waals surface area contributed by atoms with E-state index in [9.17, 15) is 9.18 Å². The van der Waals surface area contributed by atoms with Crippen LogP contribution in [0.2, 0.25) is 10.0 Å². The van der Waals surface area contributed by atoms with Gasteiger partial charge in [0.15, 0.2) is 0 Å². The fourth-order valence-electron chi connectivity index (χ4n) is 1.21. The molecule has 0 radical (unpaired) electrons. The topological polar surface area (TPSA) is 34.9 Å². The molecule has 0 aliphatic heterocycles. The normalized spacial score (nSPS) is 10.4. The summed E-state index contributed by atoms with van der Waals surface area (Å²) in [7, 11) is 0. The Morgan fingerprint density at radius 1 is 1.25 bits per heavy atom. The fraction of sp³-hybridized carbons (Fsp3) is 0. The van der Waals surface area contributed by atoms with Crippen LogP contribution >= 0.6 is 23.2 Å². The van der Waals surface area contributed by atoms with Crippen molar-refractivity contribution >= 4 is 23.2 Å². The lowest BCUT2D eigenvalue weighted by Crippen LogP contribution is -2.22. The van der Waals surface area contributed by atoms with E-state index in [1.165, 1.54) is 24.4 Å². The van der Waals surface area contributed by atoms with Gasteiger partial charge in [0.1, 0.15) is 16.5 Å². The van der Waals surface area contributed by atoms with Gasteiger partial charge in [0, 0.05) is 0 Å². The average molecular weight is 259 g/mol. The Labute approximate surface area is 100 Å². The summed E-state index contributed by atoms with van der Waals surface area (Å²) in [6.07, 6.45) is 1.19. The molecule has 1 aromatic heterocycles. The number of hydrogen-bond acceptors (Lipinski definition) is 2. The van der Waals surface area contributed by atoms with Crippen molar-refractivity contribution in [3.63, 3.8) is 0 Å². The van der Waals surface area contributed by atoms with Crippen molar-refractivity contribution in [3.8, 4) is 5.69 Å². The summed E-state index contributed by atoms with van der Waals surface area (Å²) in [5.74, 6) is -0.560. The van der Waals surface area contributed by atoms with Crippen LogP contribution in [-0.2, 0) is 0 Å². The first-order valence-electron chi connectivity index (χ1n) is 4.29. The SMILES string of the molecule is O=c1c(Cl)c(Cl)cnn1-c1ccccc1F. The molecule has 16 heavy (non-hydrogen) atoms. The molecule has 3 nitrogen and oxygen atoms in total. The molecular weight excluding hydrogens is 254 g/mol. The Balaban J connectivity index is 2.72. The maximum Gasteiger partial charge on any atom is 0.291 e. The van der Waals surface area contributed by atoms with Gasteiger partial charge >= 0.3 is 0 Å². The third kappa shape index (κ3) is 1.81. The molecule has 0 bridgehead atoms. The molecule has 0 unspecified atom stereocenters.